The lowest BCUT2D eigenvalue weighted by atomic mass is 10.0. The number of hydrogen-bond donors (Lipinski definition) is 1. The van der Waals surface area contributed by atoms with Crippen molar-refractivity contribution in [2.75, 3.05) is 13.1 Å². The van der Waals surface area contributed by atoms with Crippen molar-refractivity contribution in [3.05, 3.63) is 10.0 Å². The maximum absolute atomic E-state index is 4.42. The van der Waals surface area contributed by atoms with E-state index >= 15 is 0 Å². The fourth-order valence-corrected chi connectivity index (χ4v) is 4.33. The van der Waals surface area contributed by atoms with Gasteiger partial charge in [0.1, 0.15) is 10.0 Å². The number of nitrogens with one attached hydrogen (secondary N) is 1. The minimum atomic E-state index is 0.780. The molecule has 0 amide bonds. The monoisotopic (exact) mass is 251 g/mol. The zero-order valence-electron chi connectivity index (χ0n) is 10.5. The van der Waals surface area contributed by atoms with Gasteiger partial charge in [-0.2, -0.15) is 0 Å². The van der Waals surface area contributed by atoms with E-state index in [-0.39, 0.29) is 0 Å². The molecule has 94 valence electrons. The number of likely N-dealkylation sites (N-methyl/N-ethyl adjacent to an activating group) is 1. The van der Waals surface area contributed by atoms with Gasteiger partial charge in [-0.3, -0.25) is 0 Å². The predicted molar refractivity (Wildman–Crippen MR) is 70.3 cm³/mol. The van der Waals surface area contributed by atoms with Crippen LogP contribution in [0.1, 0.15) is 48.5 Å². The maximum atomic E-state index is 4.42. The zero-order valence-corrected chi connectivity index (χ0v) is 11.3. The smallest absolute Gasteiger partial charge is 0.121 e. The predicted octanol–water partition coefficient (Wildman–Crippen LogP) is 2.59. The van der Waals surface area contributed by atoms with Gasteiger partial charge >= 0.3 is 0 Å². The van der Waals surface area contributed by atoms with Crippen molar-refractivity contribution in [2.45, 2.75) is 44.9 Å². The Morgan fingerprint density at radius 3 is 2.71 bits per heavy atom. The Hall–Kier alpha value is -0.480. The van der Waals surface area contributed by atoms with E-state index in [1.165, 1.54) is 35.7 Å². The molecule has 2 atom stereocenters. The number of fused-ring (bicyclic) bond motifs is 1. The highest BCUT2D eigenvalue weighted by atomic mass is 32.1. The van der Waals surface area contributed by atoms with Gasteiger partial charge in [0.2, 0.25) is 0 Å². The van der Waals surface area contributed by atoms with Crippen molar-refractivity contribution in [3.63, 3.8) is 0 Å². The molecule has 2 saturated carbocycles. The summed E-state index contributed by atoms with van der Waals surface area (Å²) >= 11 is 1.86. The number of rotatable bonds is 5. The van der Waals surface area contributed by atoms with Crippen LogP contribution in [0.3, 0.4) is 0 Å². The van der Waals surface area contributed by atoms with Crippen molar-refractivity contribution >= 4 is 11.3 Å². The molecule has 4 heteroatoms. The van der Waals surface area contributed by atoms with Gasteiger partial charge in [0, 0.05) is 18.9 Å². The first-order valence-corrected chi connectivity index (χ1v) is 7.74. The first-order chi connectivity index (χ1) is 8.40. The summed E-state index contributed by atoms with van der Waals surface area (Å²) in [5.74, 6) is 2.69. The third-order valence-corrected chi connectivity index (χ3v) is 5.27. The van der Waals surface area contributed by atoms with E-state index in [1.807, 2.05) is 11.3 Å². The molecule has 1 N–H and O–H groups in total. The molecule has 2 unspecified atom stereocenters. The molecule has 1 aromatic rings. The highest BCUT2D eigenvalue weighted by molar-refractivity contribution is 7.11. The Bertz CT molecular complexity index is 364. The van der Waals surface area contributed by atoms with Gasteiger partial charge in [-0.15, -0.1) is 21.5 Å². The van der Waals surface area contributed by atoms with Gasteiger partial charge < -0.3 is 5.32 Å². The summed E-state index contributed by atoms with van der Waals surface area (Å²) in [5.41, 5.74) is 0. The number of aromatic nitrogens is 2. The lowest BCUT2D eigenvalue weighted by Gasteiger charge is -2.04. The van der Waals surface area contributed by atoms with Crippen LogP contribution in [0.5, 0.6) is 0 Å². The van der Waals surface area contributed by atoms with Gasteiger partial charge in [0.25, 0.3) is 0 Å². The van der Waals surface area contributed by atoms with Crippen LogP contribution in [0.4, 0.5) is 0 Å². The Labute approximate surface area is 107 Å². The molecule has 3 nitrogen and oxygen atoms in total. The van der Waals surface area contributed by atoms with Crippen LogP contribution in [0, 0.1) is 11.8 Å². The van der Waals surface area contributed by atoms with E-state index in [0.29, 0.717) is 0 Å². The quantitative estimate of drug-likeness (QED) is 0.817. The Morgan fingerprint density at radius 1 is 1.24 bits per heavy atom. The van der Waals surface area contributed by atoms with E-state index in [2.05, 4.69) is 22.4 Å². The summed E-state index contributed by atoms with van der Waals surface area (Å²) in [6.07, 6.45) is 6.77. The van der Waals surface area contributed by atoms with E-state index in [9.17, 15) is 0 Å². The summed E-state index contributed by atoms with van der Waals surface area (Å²) in [4.78, 5) is 0. The molecule has 0 bridgehead atoms. The third kappa shape index (κ3) is 2.38. The number of hydrogen-bond acceptors (Lipinski definition) is 4. The van der Waals surface area contributed by atoms with Crippen LogP contribution in [0.2, 0.25) is 0 Å². The topological polar surface area (TPSA) is 37.8 Å². The van der Waals surface area contributed by atoms with Gasteiger partial charge in [-0.05, 0) is 31.2 Å². The molecule has 2 fully saturated rings. The van der Waals surface area contributed by atoms with E-state index < -0.39 is 0 Å². The summed E-state index contributed by atoms with van der Waals surface area (Å²) in [5, 5.41) is 14.6. The fourth-order valence-electron chi connectivity index (χ4n) is 3.23. The second-order valence-corrected chi connectivity index (χ2v) is 6.37. The number of nitrogens with zero attached hydrogens (tertiary/aromatic N) is 2. The maximum Gasteiger partial charge on any atom is 0.121 e. The van der Waals surface area contributed by atoms with Crippen LogP contribution in [-0.4, -0.2) is 23.3 Å². The molecule has 0 aliphatic heterocycles. The molecule has 0 radical (unpaired) electrons. The van der Waals surface area contributed by atoms with Crippen molar-refractivity contribution in [2.24, 2.45) is 11.8 Å². The van der Waals surface area contributed by atoms with Gasteiger partial charge in [0.05, 0.1) is 0 Å². The molecule has 17 heavy (non-hydrogen) atoms. The molecule has 3 rings (SSSR count). The average Bonchev–Trinajstić information content (AvgIpc) is 2.91. The SMILES string of the molecule is CCNCCc1nnc(C2C3CCCCC32)s1. The summed E-state index contributed by atoms with van der Waals surface area (Å²) in [6.45, 7) is 4.21. The molecule has 1 aromatic heterocycles. The standard InChI is InChI=1S/C13H21N3S/c1-2-14-8-7-11-15-16-13(17-11)12-9-5-3-4-6-10(9)12/h9-10,12,14H,2-8H2,1H3. The largest absolute Gasteiger partial charge is 0.317 e. The van der Waals surface area contributed by atoms with Crippen molar-refractivity contribution in [1.82, 2.24) is 15.5 Å². The van der Waals surface area contributed by atoms with Crippen LogP contribution < -0.4 is 5.32 Å². The van der Waals surface area contributed by atoms with E-state index in [0.717, 1.165) is 37.3 Å². The molecule has 2 aliphatic carbocycles. The highest BCUT2D eigenvalue weighted by Crippen LogP contribution is 2.61. The minimum absolute atomic E-state index is 0.780. The Balaban J connectivity index is 1.57. The Kier molecular flexibility index (Phi) is 3.43. The lowest BCUT2D eigenvalue weighted by molar-refractivity contribution is 0.480. The summed E-state index contributed by atoms with van der Waals surface area (Å²) in [7, 11) is 0. The summed E-state index contributed by atoms with van der Waals surface area (Å²) < 4.78 is 0. The van der Waals surface area contributed by atoms with Crippen LogP contribution in [0.15, 0.2) is 0 Å². The zero-order chi connectivity index (χ0) is 11.7. The normalized spacial score (nSPS) is 31.2. The van der Waals surface area contributed by atoms with Gasteiger partial charge in [-0.1, -0.05) is 19.8 Å². The first-order valence-electron chi connectivity index (χ1n) is 6.93. The second kappa shape index (κ2) is 5.02. The summed E-state index contributed by atoms with van der Waals surface area (Å²) in [6, 6.07) is 0. The molecular weight excluding hydrogens is 230 g/mol. The molecule has 0 saturated heterocycles. The van der Waals surface area contributed by atoms with Crippen molar-refractivity contribution in [3.8, 4) is 0 Å². The molecule has 0 aromatic carbocycles. The lowest BCUT2D eigenvalue weighted by Crippen LogP contribution is -2.15. The second-order valence-electron chi connectivity index (χ2n) is 5.28. The van der Waals surface area contributed by atoms with Crippen LogP contribution in [0.25, 0.3) is 0 Å². The molecular formula is C13H21N3S. The van der Waals surface area contributed by atoms with Crippen molar-refractivity contribution < 1.29 is 0 Å². The third-order valence-electron chi connectivity index (χ3n) is 4.19. The highest BCUT2D eigenvalue weighted by Gasteiger charge is 2.52. The van der Waals surface area contributed by atoms with Crippen LogP contribution in [-0.2, 0) is 6.42 Å². The molecule has 1 heterocycles. The van der Waals surface area contributed by atoms with E-state index in [4.69, 9.17) is 0 Å². The van der Waals surface area contributed by atoms with Crippen molar-refractivity contribution in [1.29, 1.82) is 0 Å². The van der Waals surface area contributed by atoms with Gasteiger partial charge in [0.15, 0.2) is 0 Å². The molecule has 0 spiro atoms. The fraction of sp³-hybridized carbons (Fsp3) is 0.846. The Morgan fingerprint density at radius 2 is 2.00 bits per heavy atom. The minimum Gasteiger partial charge on any atom is -0.317 e. The average molecular weight is 251 g/mol. The van der Waals surface area contributed by atoms with E-state index in [1.54, 1.807) is 0 Å². The molecule has 2 aliphatic rings. The van der Waals surface area contributed by atoms with Gasteiger partial charge in [-0.25, -0.2) is 0 Å². The van der Waals surface area contributed by atoms with Crippen LogP contribution >= 0.6 is 11.3 Å². The first kappa shape index (κ1) is 11.6.